The lowest BCUT2D eigenvalue weighted by Gasteiger charge is -2.25. The maximum atomic E-state index is 14.2. The number of likely N-dealkylation sites (tertiary alicyclic amines) is 1. The van der Waals surface area contributed by atoms with E-state index < -0.39 is 11.6 Å². The van der Waals surface area contributed by atoms with Gasteiger partial charge in [0.2, 0.25) is 5.91 Å². The second-order valence-electron chi connectivity index (χ2n) is 7.99. The molecule has 2 fully saturated rings. The summed E-state index contributed by atoms with van der Waals surface area (Å²) in [7, 11) is 1.72. The smallest absolute Gasteiger partial charge is 0.257 e. The first-order valence-electron chi connectivity index (χ1n) is 9.74. The summed E-state index contributed by atoms with van der Waals surface area (Å²) in [4.78, 5) is 28.9. The summed E-state index contributed by atoms with van der Waals surface area (Å²) < 4.78 is 33.6. The van der Waals surface area contributed by atoms with Crippen molar-refractivity contribution < 1.29 is 23.1 Å². The van der Waals surface area contributed by atoms with Crippen LogP contribution in [0.5, 0.6) is 5.75 Å². The van der Waals surface area contributed by atoms with Crippen molar-refractivity contribution in [3.63, 3.8) is 0 Å². The van der Waals surface area contributed by atoms with Gasteiger partial charge in [-0.25, -0.2) is 8.78 Å². The molecule has 0 aromatic heterocycles. The average Bonchev–Trinajstić information content (AvgIpc) is 3.47. The second-order valence-corrected chi connectivity index (χ2v) is 7.99. The van der Waals surface area contributed by atoms with E-state index in [0.717, 1.165) is 18.9 Å². The molecule has 5 nitrogen and oxygen atoms in total. The van der Waals surface area contributed by atoms with Gasteiger partial charge in [0.05, 0.1) is 18.2 Å². The molecule has 0 N–H and O–H groups in total. The van der Waals surface area contributed by atoms with Crippen molar-refractivity contribution in [3.8, 4) is 16.9 Å². The number of fused-ring (bicyclic) bond motifs is 2. The highest BCUT2D eigenvalue weighted by Gasteiger charge is 2.46. The number of nitrogens with zero attached hydrogens (tertiary/aromatic N) is 2. The van der Waals surface area contributed by atoms with Crippen LogP contribution in [0.1, 0.15) is 23.2 Å². The molecule has 0 spiro atoms. The molecule has 2 aromatic rings. The van der Waals surface area contributed by atoms with Crippen molar-refractivity contribution in [2.75, 3.05) is 20.1 Å². The standard InChI is InChI=1S/C22H20F2N2O3/c1-25-18-10-26(21(27)12-2-3-12)11-20(18)29-19-8-13(4-6-16(19)22(25)28)15-7-5-14(23)9-17(15)24/h4-9,12,18,20H,2-3,10-11H2,1H3. The van der Waals surface area contributed by atoms with Gasteiger partial charge in [-0.3, -0.25) is 9.59 Å². The summed E-state index contributed by atoms with van der Waals surface area (Å²) >= 11 is 0. The fourth-order valence-corrected chi connectivity index (χ4v) is 4.20. The summed E-state index contributed by atoms with van der Waals surface area (Å²) in [5, 5.41) is 0. The maximum Gasteiger partial charge on any atom is 0.257 e. The minimum absolute atomic E-state index is 0.110. The lowest BCUT2D eigenvalue weighted by molar-refractivity contribution is -0.131. The van der Waals surface area contributed by atoms with Gasteiger partial charge in [-0.2, -0.15) is 0 Å². The van der Waals surface area contributed by atoms with Crippen molar-refractivity contribution in [1.82, 2.24) is 9.80 Å². The second kappa shape index (κ2) is 6.54. The number of rotatable bonds is 2. The summed E-state index contributed by atoms with van der Waals surface area (Å²) in [5.41, 5.74) is 1.13. The molecule has 2 heterocycles. The Labute approximate surface area is 166 Å². The first-order valence-corrected chi connectivity index (χ1v) is 9.74. The Morgan fingerprint density at radius 2 is 1.83 bits per heavy atom. The zero-order valence-corrected chi connectivity index (χ0v) is 15.9. The Morgan fingerprint density at radius 1 is 1.07 bits per heavy atom. The summed E-state index contributed by atoms with van der Waals surface area (Å²) in [6.45, 7) is 0.877. The fourth-order valence-electron chi connectivity index (χ4n) is 4.20. The highest BCUT2D eigenvalue weighted by molar-refractivity contribution is 5.98. The number of ether oxygens (including phenoxy) is 1. The Bertz CT molecular complexity index is 1020. The predicted molar refractivity (Wildman–Crippen MR) is 101 cm³/mol. The van der Waals surface area contributed by atoms with Crippen molar-refractivity contribution in [2.24, 2.45) is 5.92 Å². The molecular formula is C22H20F2N2O3. The van der Waals surface area contributed by atoms with E-state index >= 15 is 0 Å². The lowest BCUT2D eigenvalue weighted by Crippen LogP contribution is -2.44. The third kappa shape index (κ3) is 3.05. The minimum atomic E-state index is -0.679. The quantitative estimate of drug-likeness (QED) is 0.781. The molecule has 29 heavy (non-hydrogen) atoms. The third-order valence-corrected chi connectivity index (χ3v) is 6.03. The van der Waals surface area contributed by atoms with Gasteiger partial charge in [0.25, 0.3) is 5.91 Å². The van der Waals surface area contributed by atoms with Crippen molar-refractivity contribution >= 4 is 11.8 Å². The van der Waals surface area contributed by atoms with Crippen LogP contribution in [-0.2, 0) is 4.79 Å². The Kier molecular flexibility index (Phi) is 4.08. The number of amides is 2. The Balaban J connectivity index is 1.49. The van der Waals surface area contributed by atoms with Gasteiger partial charge in [0.15, 0.2) is 0 Å². The number of hydrogen-bond acceptors (Lipinski definition) is 3. The number of hydrogen-bond donors (Lipinski definition) is 0. The van der Waals surface area contributed by atoms with Gasteiger partial charge < -0.3 is 14.5 Å². The molecule has 2 amide bonds. The Hall–Kier alpha value is -2.96. The van der Waals surface area contributed by atoms with Crippen LogP contribution in [0.25, 0.3) is 11.1 Å². The third-order valence-electron chi connectivity index (χ3n) is 6.03. The van der Waals surface area contributed by atoms with Crippen LogP contribution in [0.15, 0.2) is 36.4 Å². The fraction of sp³-hybridized carbons (Fsp3) is 0.364. The van der Waals surface area contributed by atoms with Crippen LogP contribution in [-0.4, -0.2) is 53.9 Å². The van der Waals surface area contributed by atoms with Gasteiger partial charge >= 0.3 is 0 Å². The van der Waals surface area contributed by atoms with Gasteiger partial charge in [0.1, 0.15) is 23.5 Å². The summed E-state index contributed by atoms with van der Waals surface area (Å²) in [6.07, 6.45) is 1.51. The van der Waals surface area contributed by atoms with Crippen molar-refractivity contribution in [1.29, 1.82) is 0 Å². The first-order chi connectivity index (χ1) is 13.9. The number of benzene rings is 2. The highest BCUT2D eigenvalue weighted by Crippen LogP contribution is 2.37. The average molecular weight is 398 g/mol. The number of carbonyl (C=O) groups excluding carboxylic acids is 2. The predicted octanol–water partition coefficient (Wildman–Crippen LogP) is 3.09. The monoisotopic (exact) mass is 398 g/mol. The summed E-state index contributed by atoms with van der Waals surface area (Å²) in [5.74, 6) is -0.926. The van der Waals surface area contributed by atoms with Gasteiger partial charge in [-0.05, 0) is 42.7 Å². The minimum Gasteiger partial charge on any atom is -0.485 e. The van der Waals surface area contributed by atoms with Crippen LogP contribution in [0, 0.1) is 17.6 Å². The van der Waals surface area contributed by atoms with Crippen LogP contribution >= 0.6 is 0 Å². The Morgan fingerprint density at radius 3 is 2.55 bits per heavy atom. The molecule has 3 aliphatic rings. The molecule has 1 aliphatic carbocycles. The van der Waals surface area contributed by atoms with Crippen molar-refractivity contribution in [3.05, 3.63) is 53.6 Å². The molecule has 1 saturated heterocycles. The van der Waals surface area contributed by atoms with Crippen LogP contribution < -0.4 is 4.74 Å². The number of halogens is 2. The largest absolute Gasteiger partial charge is 0.485 e. The van der Waals surface area contributed by atoms with E-state index in [9.17, 15) is 18.4 Å². The molecule has 2 aliphatic heterocycles. The summed E-state index contributed by atoms with van der Waals surface area (Å²) in [6, 6.07) is 8.02. The van der Waals surface area contributed by atoms with Gasteiger partial charge in [0, 0.05) is 31.1 Å². The van der Waals surface area contributed by atoms with Gasteiger partial charge in [-0.15, -0.1) is 0 Å². The zero-order chi connectivity index (χ0) is 20.3. The molecule has 150 valence electrons. The van der Waals surface area contributed by atoms with E-state index in [4.69, 9.17) is 4.74 Å². The molecule has 2 unspecified atom stereocenters. The van der Waals surface area contributed by atoms with E-state index in [2.05, 4.69) is 0 Å². The molecule has 0 radical (unpaired) electrons. The molecule has 2 atom stereocenters. The first kappa shape index (κ1) is 18.1. The van der Waals surface area contributed by atoms with E-state index in [1.165, 1.54) is 12.1 Å². The molecular weight excluding hydrogens is 378 g/mol. The van der Waals surface area contributed by atoms with Crippen LogP contribution in [0.3, 0.4) is 0 Å². The van der Waals surface area contributed by atoms with Crippen molar-refractivity contribution in [2.45, 2.75) is 25.0 Å². The topological polar surface area (TPSA) is 49.9 Å². The van der Waals surface area contributed by atoms with Gasteiger partial charge in [-0.1, -0.05) is 6.07 Å². The van der Waals surface area contributed by atoms with Crippen LogP contribution in [0.4, 0.5) is 8.78 Å². The van der Waals surface area contributed by atoms with E-state index in [0.29, 0.717) is 30.0 Å². The van der Waals surface area contributed by atoms with E-state index in [1.807, 2.05) is 0 Å². The number of likely N-dealkylation sites (N-methyl/N-ethyl adjacent to an activating group) is 1. The molecule has 0 bridgehead atoms. The highest BCUT2D eigenvalue weighted by atomic mass is 19.1. The molecule has 5 rings (SSSR count). The lowest BCUT2D eigenvalue weighted by atomic mass is 10.0. The number of carbonyl (C=O) groups is 2. The maximum absolute atomic E-state index is 14.2. The van der Waals surface area contributed by atoms with E-state index in [-0.39, 0.29) is 35.4 Å². The van der Waals surface area contributed by atoms with Crippen LogP contribution in [0.2, 0.25) is 0 Å². The molecule has 2 aromatic carbocycles. The van der Waals surface area contributed by atoms with E-state index in [1.54, 1.807) is 35.0 Å². The SMILES string of the molecule is CN1C(=O)c2ccc(-c3ccc(F)cc3F)cc2OC2CN(C(=O)C3CC3)CC21. The molecule has 1 saturated carbocycles. The zero-order valence-electron chi connectivity index (χ0n) is 15.9. The normalized spacial score (nSPS) is 23.3. The molecule has 7 heteroatoms.